The first-order valence-electron chi connectivity index (χ1n) is 9.31. The van der Waals surface area contributed by atoms with Crippen molar-refractivity contribution in [3.05, 3.63) is 34.6 Å². The number of piperazine rings is 1. The second-order valence-electron chi connectivity index (χ2n) is 7.02. The fourth-order valence-electron chi connectivity index (χ4n) is 2.93. The molecule has 1 fully saturated rings. The number of benzene rings is 1. The number of nitrogens with zero attached hydrogens (tertiary/aromatic N) is 3. The van der Waals surface area contributed by atoms with E-state index >= 15 is 0 Å². The van der Waals surface area contributed by atoms with Crippen LogP contribution >= 0.6 is 11.6 Å². The van der Waals surface area contributed by atoms with E-state index < -0.39 is 16.0 Å². The van der Waals surface area contributed by atoms with E-state index in [1.54, 1.807) is 0 Å². The molecule has 1 unspecified atom stereocenters. The number of hydrogen-bond acceptors (Lipinski definition) is 4. The van der Waals surface area contributed by atoms with E-state index in [1.807, 2.05) is 18.7 Å². The average molecular weight is 435 g/mol. The molecular formula is C18H28ClFN4O3S. The van der Waals surface area contributed by atoms with Gasteiger partial charge < -0.3 is 5.32 Å². The number of halogens is 2. The summed E-state index contributed by atoms with van der Waals surface area (Å²) in [4.78, 5) is 13.9. The Morgan fingerprint density at radius 2 is 1.96 bits per heavy atom. The van der Waals surface area contributed by atoms with Crippen LogP contribution in [-0.4, -0.2) is 73.6 Å². The maximum absolute atomic E-state index is 14.0. The predicted octanol–water partition coefficient (Wildman–Crippen LogP) is 1.69. The number of carbonyl (C=O) groups excluding carboxylic acids is 1. The van der Waals surface area contributed by atoms with Crippen LogP contribution in [0.5, 0.6) is 0 Å². The van der Waals surface area contributed by atoms with Crippen molar-refractivity contribution in [2.75, 3.05) is 39.8 Å². The Kier molecular flexibility index (Phi) is 8.20. The van der Waals surface area contributed by atoms with E-state index in [4.69, 9.17) is 11.6 Å². The van der Waals surface area contributed by atoms with E-state index in [0.29, 0.717) is 13.1 Å². The van der Waals surface area contributed by atoms with Crippen LogP contribution in [0.1, 0.15) is 25.8 Å². The number of hydrogen-bond donors (Lipinski definition) is 1. The monoisotopic (exact) mass is 434 g/mol. The number of amides is 1. The third-order valence-electron chi connectivity index (χ3n) is 4.88. The van der Waals surface area contributed by atoms with Crippen molar-refractivity contribution in [1.82, 2.24) is 18.8 Å². The summed E-state index contributed by atoms with van der Waals surface area (Å²) < 4.78 is 42.0. The van der Waals surface area contributed by atoms with Crippen LogP contribution in [0.25, 0.3) is 0 Å². The van der Waals surface area contributed by atoms with Gasteiger partial charge in [0, 0.05) is 56.4 Å². The summed E-state index contributed by atoms with van der Waals surface area (Å²) >= 11 is 6.00. The van der Waals surface area contributed by atoms with Crippen molar-refractivity contribution in [3.63, 3.8) is 0 Å². The summed E-state index contributed by atoms with van der Waals surface area (Å²) in [7, 11) is -2.35. The first kappa shape index (κ1) is 23.0. The fraction of sp³-hybridized carbons (Fsp3) is 0.611. The summed E-state index contributed by atoms with van der Waals surface area (Å²) in [6.45, 7) is 5.51. The molecule has 0 spiro atoms. The topological polar surface area (TPSA) is 73.0 Å². The summed E-state index contributed by atoms with van der Waals surface area (Å²) in [6, 6.07) is 4.38. The molecule has 2 rings (SSSR count). The smallest absolute Gasteiger partial charge is 0.282 e. The largest absolute Gasteiger partial charge is 0.353 e. The van der Waals surface area contributed by atoms with Crippen molar-refractivity contribution >= 4 is 27.7 Å². The molecule has 1 atom stereocenters. The fourth-order valence-corrected chi connectivity index (χ4v) is 4.46. The van der Waals surface area contributed by atoms with Gasteiger partial charge in [0.2, 0.25) is 5.91 Å². The lowest BCUT2D eigenvalue weighted by atomic mass is 10.2. The molecule has 158 valence electrons. The van der Waals surface area contributed by atoms with E-state index in [2.05, 4.69) is 5.32 Å². The SMILES string of the molecule is CCC(C)NC(=O)CN1CCN(S(=O)(=O)N(C)Cc2c(F)cccc2Cl)CC1. The highest BCUT2D eigenvalue weighted by Gasteiger charge is 2.31. The van der Waals surface area contributed by atoms with E-state index in [1.165, 1.54) is 29.6 Å². The molecule has 1 amide bonds. The molecule has 0 bridgehead atoms. The summed E-state index contributed by atoms with van der Waals surface area (Å²) in [6.07, 6.45) is 0.857. The maximum Gasteiger partial charge on any atom is 0.282 e. The van der Waals surface area contributed by atoms with Gasteiger partial charge in [0.1, 0.15) is 5.82 Å². The summed E-state index contributed by atoms with van der Waals surface area (Å²) in [5.41, 5.74) is 0.149. The molecule has 0 aromatic heterocycles. The summed E-state index contributed by atoms with van der Waals surface area (Å²) in [5, 5.41) is 3.10. The van der Waals surface area contributed by atoms with Crippen LogP contribution in [0.2, 0.25) is 5.02 Å². The molecule has 0 saturated carbocycles. The van der Waals surface area contributed by atoms with Crippen LogP contribution in [0.4, 0.5) is 4.39 Å². The van der Waals surface area contributed by atoms with Gasteiger partial charge in [-0.25, -0.2) is 4.39 Å². The Morgan fingerprint density at radius 3 is 2.54 bits per heavy atom. The minimum Gasteiger partial charge on any atom is -0.353 e. The lowest BCUT2D eigenvalue weighted by Gasteiger charge is -2.35. The van der Waals surface area contributed by atoms with Gasteiger partial charge in [0.25, 0.3) is 10.2 Å². The Bertz CT molecular complexity index is 765. The first-order chi connectivity index (χ1) is 13.1. The normalized spacial score (nSPS) is 17.6. The van der Waals surface area contributed by atoms with Crippen molar-refractivity contribution in [2.24, 2.45) is 0 Å². The molecule has 1 aliphatic heterocycles. The van der Waals surface area contributed by atoms with Crippen LogP contribution in [0.3, 0.4) is 0 Å². The zero-order chi connectivity index (χ0) is 20.9. The van der Waals surface area contributed by atoms with Gasteiger partial charge in [-0.3, -0.25) is 9.69 Å². The number of carbonyl (C=O) groups is 1. The molecule has 1 saturated heterocycles. The number of rotatable bonds is 8. The average Bonchev–Trinajstić information content (AvgIpc) is 2.64. The highest BCUT2D eigenvalue weighted by molar-refractivity contribution is 7.86. The minimum absolute atomic E-state index is 0.0584. The van der Waals surface area contributed by atoms with Gasteiger partial charge in [-0.05, 0) is 25.5 Å². The minimum atomic E-state index is -3.75. The molecular weight excluding hydrogens is 407 g/mol. The Labute approximate surface area is 171 Å². The molecule has 1 heterocycles. The highest BCUT2D eigenvalue weighted by Crippen LogP contribution is 2.22. The van der Waals surface area contributed by atoms with Gasteiger partial charge >= 0.3 is 0 Å². The van der Waals surface area contributed by atoms with E-state index in [9.17, 15) is 17.6 Å². The second-order valence-corrected chi connectivity index (χ2v) is 9.46. The van der Waals surface area contributed by atoms with Gasteiger partial charge in [-0.15, -0.1) is 0 Å². The van der Waals surface area contributed by atoms with E-state index in [0.717, 1.165) is 10.7 Å². The maximum atomic E-state index is 14.0. The first-order valence-corrected chi connectivity index (χ1v) is 11.1. The molecule has 1 aromatic rings. The van der Waals surface area contributed by atoms with E-state index in [-0.39, 0.29) is 48.7 Å². The summed E-state index contributed by atoms with van der Waals surface area (Å²) in [5.74, 6) is -0.594. The molecule has 0 radical (unpaired) electrons. The standard InChI is InChI=1S/C18H28ClFN4O3S/c1-4-14(2)21-18(25)13-23-8-10-24(11-9-23)28(26,27)22(3)12-15-16(19)6-5-7-17(15)20/h5-7,14H,4,8-13H2,1-3H3,(H,21,25). The van der Waals surface area contributed by atoms with Gasteiger partial charge in [-0.2, -0.15) is 17.0 Å². The van der Waals surface area contributed by atoms with Crippen molar-refractivity contribution < 1.29 is 17.6 Å². The third kappa shape index (κ3) is 5.87. The molecule has 1 aliphatic rings. The second kappa shape index (κ2) is 9.98. The zero-order valence-electron chi connectivity index (χ0n) is 16.5. The Hall–Kier alpha value is -1.26. The van der Waals surface area contributed by atoms with Crippen molar-refractivity contribution in [2.45, 2.75) is 32.9 Å². The lowest BCUT2D eigenvalue weighted by molar-refractivity contribution is -0.123. The third-order valence-corrected chi connectivity index (χ3v) is 7.17. The molecule has 1 N–H and O–H groups in total. The Morgan fingerprint density at radius 1 is 1.32 bits per heavy atom. The molecule has 10 heteroatoms. The number of nitrogens with one attached hydrogen (secondary N) is 1. The van der Waals surface area contributed by atoms with Gasteiger partial charge in [0.05, 0.1) is 6.54 Å². The quantitative estimate of drug-likeness (QED) is 0.675. The van der Waals surface area contributed by atoms with Gasteiger partial charge in [-0.1, -0.05) is 24.6 Å². The molecule has 7 nitrogen and oxygen atoms in total. The van der Waals surface area contributed by atoms with Crippen molar-refractivity contribution in [1.29, 1.82) is 0 Å². The molecule has 1 aromatic carbocycles. The van der Waals surface area contributed by atoms with Crippen LogP contribution in [0, 0.1) is 5.82 Å². The van der Waals surface area contributed by atoms with Gasteiger partial charge in [0.15, 0.2) is 0 Å². The Balaban J connectivity index is 1.92. The van der Waals surface area contributed by atoms with Crippen LogP contribution in [-0.2, 0) is 21.5 Å². The van der Waals surface area contributed by atoms with Crippen LogP contribution in [0.15, 0.2) is 18.2 Å². The highest BCUT2D eigenvalue weighted by atomic mass is 35.5. The molecule has 0 aliphatic carbocycles. The van der Waals surface area contributed by atoms with Crippen molar-refractivity contribution in [3.8, 4) is 0 Å². The zero-order valence-corrected chi connectivity index (χ0v) is 18.1. The van der Waals surface area contributed by atoms with Crippen LogP contribution < -0.4 is 5.32 Å². The lowest BCUT2D eigenvalue weighted by Crippen LogP contribution is -2.54. The predicted molar refractivity (Wildman–Crippen MR) is 108 cm³/mol. The molecule has 28 heavy (non-hydrogen) atoms.